The minimum absolute atomic E-state index is 0.146. The van der Waals surface area contributed by atoms with E-state index >= 15 is 0 Å². The monoisotopic (exact) mass is 339 g/mol. The van der Waals surface area contributed by atoms with Crippen LogP contribution in [0.5, 0.6) is 0 Å². The zero-order valence-corrected chi connectivity index (χ0v) is 13.7. The molecule has 1 fully saturated rings. The molecule has 1 heterocycles. The van der Waals surface area contributed by atoms with Gasteiger partial charge in [-0.3, -0.25) is 4.90 Å². The van der Waals surface area contributed by atoms with Crippen LogP contribution < -0.4 is 10.6 Å². The highest BCUT2D eigenvalue weighted by atomic mass is 79.9. The maximum Gasteiger partial charge on any atom is 0.319 e. The summed E-state index contributed by atoms with van der Waals surface area (Å²) in [5.41, 5.74) is 1.95. The summed E-state index contributed by atoms with van der Waals surface area (Å²) in [7, 11) is 0. The zero-order valence-electron chi connectivity index (χ0n) is 12.1. The van der Waals surface area contributed by atoms with Gasteiger partial charge >= 0.3 is 6.03 Å². The molecule has 0 spiro atoms. The Kier molecular flexibility index (Phi) is 5.43. The van der Waals surface area contributed by atoms with Crippen molar-refractivity contribution < 1.29 is 4.79 Å². The molecule has 2 N–H and O–H groups in total. The molecule has 0 saturated carbocycles. The van der Waals surface area contributed by atoms with E-state index in [-0.39, 0.29) is 6.03 Å². The van der Waals surface area contributed by atoms with Crippen molar-refractivity contribution in [2.24, 2.45) is 0 Å². The minimum Gasteiger partial charge on any atom is -0.336 e. The fraction of sp³-hybridized carbons (Fsp3) is 0.533. The van der Waals surface area contributed by atoms with Crippen LogP contribution in [0.25, 0.3) is 0 Å². The average molecular weight is 340 g/mol. The van der Waals surface area contributed by atoms with Crippen molar-refractivity contribution >= 4 is 27.6 Å². The quantitative estimate of drug-likeness (QED) is 0.883. The highest BCUT2D eigenvalue weighted by Gasteiger charge is 2.18. The Balaban J connectivity index is 1.78. The number of anilines is 1. The van der Waals surface area contributed by atoms with Crippen LogP contribution in [-0.2, 0) is 0 Å². The van der Waals surface area contributed by atoms with Crippen molar-refractivity contribution in [1.82, 2.24) is 10.2 Å². The van der Waals surface area contributed by atoms with Crippen LogP contribution >= 0.6 is 15.9 Å². The standard InChI is InChI=1S/C15H22BrN3O/c1-11-5-6-13(9-14(11)16)18-15(20)17-10-12(2)19-7-3-4-8-19/h5-6,9,12H,3-4,7-8,10H2,1-2H3,(H2,17,18,20). The van der Waals surface area contributed by atoms with E-state index in [0.717, 1.165) is 28.8 Å². The normalized spacial score (nSPS) is 16.9. The van der Waals surface area contributed by atoms with Crippen molar-refractivity contribution in [1.29, 1.82) is 0 Å². The molecule has 0 radical (unpaired) electrons. The Labute approximate surface area is 129 Å². The largest absolute Gasteiger partial charge is 0.336 e. The van der Waals surface area contributed by atoms with Gasteiger partial charge in [0.25, 0.3) is 0 Å². The molecule has 0 aromatic heterocycles. The van der Waals surface area contributed by atoms with E-state index in [9.17, 15) is 4.79 Å². The number of nitrogens with zero attached hydrogens (tertiary/aromatic N) is 1. The Morgan fingerprint density at radius 1 is 1.40 bits per heavy atom. The molecule has 2 amide bonds. The second-order valence-electron chi connectivity index (χ2n) is 5.39. The number of amides is 2. The first-order valence-corrected chi connectivity index (χ1v) is 7.90. The van der Waals surface area contributed by atoms with E-state index in [2.05, 4.69) is 38.4 Å². The minimum atomic E-state index is -0.146. The number of rotatable bonds is 4. The highest BCUT2D eigenvalue weighted by Crippen LogP contribution is 2.20. The lowest BCUT2D eigenvalue weighted by atomic mass is 10.2. The maximum absolute atomic E-state index is 11.9. The van der Waals surface area contributed by atoms with Gasteiger partial charge in [0.15, 0.2) is 0 Å². The van der Waals surface area contributed by atoms with Gasteiger partial charge in [-0.2, -0.15) is 0 Å². The van der Waals surface area contributed by atoms with Crippen LogP contribution in [0.15, 0.2) is 22.7 Å². The Morgan fingerprint density at radius 2 is 2.10 bits per heavy atom. The molecule has 0 bridgehead atoms. The summed E-state index contributed by atoms with van der Waals surface area (Å²) in [5, 5.41) is 5.79. The van der Waals surface area contributed by atoms with Crippen LogP contribution in [0.3, 0.4) is 0 Å². The van der Waals surface area contributed by atoms with Gasteiger partial charge < -0.3 is 10.6 Å². The third-order valence-electron chi connectivity index (χ3n) is 3.75. The lowest BCUT2D eigenvalue weighted by molar-refractivity contribution is 0.234. The third-order valence-corrected chi connectivity index (χ3v) is 4.61. The summed E-state index contributed by atoms with van der Waals surface area (Å²) in [4.78, 5) is 14.3. The number of hydrogen-bond acceptors (Lipinski definition) is 2. The molecule has 4 nitrogen and oxygen atoms in total. The van der Waals surface area contributed by atoms with Crippen LogP contribution in [0.1, 0.15) is 25.3 Å². The van der Waals surface area contributed by atoms with E-state index in [4.69, 9.17) is 0 Å². The molecule has 1 aliphatic rings. The van der Waals surface area contributed by atoms with E-state index in [1.807, 2.05) is 25.1 Å². The van der Waals surface area contributed by atoms with Crippen molar-refractivity contribution in [3.63, 3.8) is 0 Å². The number of aryl methyl sites for hydroxylation is 1. The van der Waals surface area contributed by atoms with Crippen molar-refractivity contribution in [2.75, 3.05) is 25.0 Å². The summed E-state index contributed by atoms with van der Waals surface area (Å²) < 4.78 is 1.00. The Bertz CT molecular complexity index is 472. The van der Waals surface area contributed by atoms with Gasteiger partial charge in [0, 0.05) is 22.7 Å². The van der Waals surface area contributed by atoms with Gasteiger partial charge in [0.05, 0.1) is 0 Å². The van der Waals surface area contributed by atoms with Crippen LogP contribution in [0.2, 0.25) is 0 Å². The van der Waals surface area contributed by atoms with E-state index in [1.54, 1.807) is 0 Å². The molecule has 1 atom stereocenters. The Morgan fingerprint density at radius 3 is 2.75 bits per heavy atom. The van der Waals surface area contributed by atoms with Crippen LogP contribution in [0.4, 0.5) is 10.5 Å². The second kappa shape index (κ2) is 7.09. The van der Waals surface area contributed by atoms with Crippen molar-refractivity contribution in [3.8, 4) is 0 Å². The predicted octanol–water partition coefficient (Wildman–Crippen LogP) is 3.36. The average Bonchev–Trinajstić information content (AvgIpc) is 2.94. The van der Waals surface area contributed by atoms with E-state index in [0.29, 0.717) is 12.6 Å². The molecule has 1 aromatic carbocycles. The number of carbonyl (C=O) groups is 1. The number of benzene rings is 1. The van der Waals surface area contributed by atoms with Gasteiger partial charge in [-0.1, -0.05) is 22.0 Å². The predicted molar refractivity (Wildman–Crippen MR) is 86.2 cm³/mol. The molecule has 1 saturated heterocycles. The van der Waals surface area contributed by atoms with Gasteiger partial charge in [-0.15, -0.1) is 0 Å². The number of carbonyl (C=O) groups excluding carboxylic acids is 1. The highest BCUT2D eigenvalue weighted by molar-refractivity contribution is 9.10. The second-order valence-corrected chi connectivity index (χ2v) is 6.25. The number of likely N-dealkylation sites (tertiary alicyclic amines) is 1. The Hall–Kier alpha value is -1.07. The number of halogens is 1. The first-order valence-electron chi connectivity index (χ1n) is 7.11. The van der Waals surface area contributed by atoms with Gasteiger partial charge in [-0.05, 0) is 57.5 Å². The summed E-state index contributed by atoms with van der Waals surface area (Å²) >= 11 is 3.46. The maximum atomic E-state index is 11.9. The van der Waals surface area contributed by atoms with E-state index < -0.39 is 0 Å². The lowest BCUT2D eigenvalue weighted by Crippen LogP contribution is -2.42. The smallest absolute Gasteiger partial charge is 0.319 e. The molecule has 1 aliphatic heterocycles. The lowest BCUT2D eigenvalue weighted by Gasteiger charge is -2.23. The fourth-order valence-electron chi connectivity index (χ4n) is 2.40. The molecular formula is C15H22BrN3O. The SMILES string of the molecule is Cc1ccc(NC(=O)NCC(C)N2CCCC2)cc1Br. The van der Waals surface area contributed by atoms with Crippen molar-refractivity contribution in [2.45, 2.75) is 32.7 Å². The topological polar surface area (TPSA) is 44.4 Å². The number of hydrogen-bond donors (Lipinski definition) is 2. The van der Waals surface area contributed by atoms with E-state index in [1.165, 1.54) is 12.8 Å². The number of nitrogens with one attached hydrogen (secondary N) is 2. The fourth-order valence-corrected chi connectivity index (χ4v) is 2.78. The molecule has 1 unspecified atom stereocenters. The first-order chi connectivity index (χ1) is 9.56. The molecule has 5 heteroatoms. The molecular weight excluding hydrogens is 318 g/mol. The van der Waals surface area contributed by atoms with Gasteiger partial charge in [0.1, 0.15) is 0 Å². The summed E-state index contributed by atoms with van der Waals surface area (Å²) in [6, 6.07) is 6.05. The molecule has 2 rings (SSSR count). The first kappa shape index (κ1) is 15.3. The van der Waals surface area contributed by atoms with Crippen LogP contribution in [0, 0.1) is 6.92 Å². The molecule has 20 heavy (non-hydrogen) atoms. The van der Waals surface area contributed by atoms with Gasteiger partial charge in [0.2, 0.25) is 0 Å². The molecule has 110 valence electrons. The third kappa shape index (κ3) is 4.21. The summed E-state index contributed by atoms with van der Waals surface area (Å²) in [6.07, 6.45) is 2.54. The van der Waals surface area contributed by atoms with Gasteiger partial charge in [-0.25, -0.2) is 4.79 Å². The molecule has 1 aromatic rings. The number of urea groups is 1. The zero-order chi connectivity index (χ0) is 14.5. The summed E-state index contributed by atoms with van der Waals surface area (Å²) in [6.45, 7) is 7.16. The van der Waals surface area contributed by atoms with Crippen molar-refractivity contribution in [3.05, 3.63) is 28.2 Å². The summed E-state index contributed by atoms with van der Waals surface area (Å²) in [5.74, 6) is 0. The van der Waals surface area contributed by atoms with Crippen LogP contribution in [-0.4, -0.2) is 36.6 Å². The molecule has 0 aliphatic carbocycles.